The Bertz CT molecular complexity index is 405. The fourth-order valence-electron chi connectivity index (χ4n) is 1.93. The number of hydrogen-bond acceptors (Lipinski definition) is 3. The predicted molar refractivity (Wildman–Crippen MR) is 77.7 cm³/mol. The molecule has 19 heavy (non-hydrogen) atoms. The maximum absolute atomic E-state index is 12.2. The molecule has 0 saturated carbocycles. The first-order valence-electron chi connectivity index (χ1n) is 6.68. The van der Waals surface area contributed by atoms with Gasteiger partial charge in [-0.15, -0.1) is 0 Å². The van der Waals surface area contributed by atoms with Gasteiger partial charge in [-0.25, -0.2) is 0 Å². The lowest BCUT2D eigenvalue weighted by atomic mass is 10.1. The van der Waals surface area contributed by atoms with Crippen molar-refractivity contribution in [3.8, 4) is 0 Å². The van der Waals surface area contributed by atoms with Crippen LogP contribution in [0.15, 0.2) is 24.3 Å². The smallest absolute Gasteiger partial charge is 0.223 e. The number of para-hydroxylation sites is 1. The molecule has 0 radical (unpaired) electrons. The summed E-state index contributed by atoms with van der Waals surface area (Å²) in [6, 6.07) is 7.84. The highest BCUT2D eigenvalue weighted by atomic mass is 16.5. The third-order valence-corrected chi connectivity index (χ3v) is 3.08. The van der Waals surface area contributed by atoms with Crippen molar-refractivity contribution in [2.24, 2.45) is 0 Å². The third kappa shape index (κ3) is 4.91. The van der Waals surface area contributed by atoms with Gasteiger partial charge in [0.15, 0.2) is 0 Å². The summed E-state index contributed by atoms with van der Waals surface area (Å²) >= 11 is 0. The molecule has 0 spiro atoms. The van der Waals surface area contributed by atoms with Crippen LogP contribution in [-0.2, 0) is 16.1 Å². The SMILES string of the molecule is COCCCC(=O)N(Cc1ccccc1N)C(C)C. The van der Waals surface area contributed by atoms with E-state index in [0.29, 0.717) is 19.6 Å². The fourth-order valence-corrected chi connectivity index (χ4v) is 1.93. The van der Waals surface area contributed by atoms with Gasteiger partial charge in [0.2, 0.25) is 5.91 Å². The molecule has 1 rings (SSSR count). The largest absolute Gasteiger partial charge is 0.398 e. The number of anilines is 1. The van der Waals surface area contributed by atoms with Crippen molar-refractivity contribution in [2.75, 3.05) is 19.5 Å². The summed E-state index contributed by atoms with van der Waals surface area (Å²) in [7, 11) is 1.65. The number of nitrogens with zero attached hydrogens (tertiary/aromatic N) is 1. The summed E-state index contributed by atoms with van der Waals surface area (Å²) in [4.78, 5) is 14.1. The highest BCUT2D eigenvalue weighted by Gasteiger charge is 2.17. The van der Waals surface area contributed by atoms with Crippen molar-refractivity contribution < 1.29 is 9.53 Å². The number of methoxy groups -OCH3 is 1. The van der Waals surface area contributed by atoms with Gasteiger partial charge in [-0.2, -0.15) is 0 Å². The number of ether oxygens (including phenoxy) is 1. The zero-order chi connectivity index (χ0) is 14.3. The van der Waals surface area contributed by atoms with E-state index in [1.165, 1.54) is 0 Å². The van der Waals surface area contributed by atoms with Crippen molar-refractivity contribution in [1.82, 2.24) is 4.90 Å². The van der Waals surface area contributed by atoms with E-state index in [2.05, 4.69) is 0 Å². The van der Waals surface area contributed by atoms with Crippen LogP contribution in [0.3, 0.4) is 0 Å². The van der Waals surface area contributed by atoms with Crippen LogP contribution in [0.2, 0.25) is 0 Å². The topological polar surface area (TPSA) is 55.6 Å². The van der Waals surface area contributed by atoms with E-state index in [4.69, 9.17) is 10.5 Å². The Morgan fingerprint density at radius 1 is 1.37 bits per heavy atom. The highest BCUT2D eigenvalue weighted by Crippen LogP contribution is 2.16. The number of hydrogen-bond donors (Lipinski definition) is 1. The number of nitrogen functional groups attached to an aromatic ring is 1. The van der Waals surface area contributed by atoms with Gasteiger partial charge in [0.25, 0.3) is 0 Å². The van der Waals surface area contributed by atoms with Crippen LogP contribution in [0.1, 0.15) is 32.3 Å². The zero-order valence-corrected chi connectivity index (χ0v) is 12.1. The molecule has 0 aliphatic heterocycles. The van der Waals surface area contributed by atoms with Crippen LogP contribution in [-0.4, -0.2) is 30.6 Å². The summed E-state index contributed by atoms with van der Waals surface area (Å²) in [5.41, 5.74) is 7.66. The molecule has 0 heterocycles. The van der Waals surface area contributed by atoms with Crippen LogP contribution in [0, 0.1) is 0 Å². The normalized spacial score (nSPS) is 10.7. The maximum atomic E-state index is 12.2. The minimum absolute atomic E-state index is 0.148. The molecule has 4 nitrogen and oxygen atoms in total. The minimum Gasteiger partial charge on any atom is -0.398 e. The molecular weight excluding hydrogens is 240 g/mol. The van der Waals surface area contributed by atoms with Crippen molar-refractivity contribution in [3.05, 3.63) is 29.8 Å². The molecule has 1 aromatic rings. The van der Waals surface area contributed by atoms with Gasteiger partial charge in [0.1, 0.15) is 0 Å². The Morgan fingerprint density at radius 3 is 2.63 bits per heavy atom. The monoisotopic (exact) mass is 264 g/mol. The first kappa shape index (κ1) is 15.5. The Morgan fingerprint density at radius 2 is 2.05 bits per heavy atom. The maximum Gasteiger partial charge on any atom is 0.223 e. The minimum atomic E-state index is 0.148. The van der Waals surface area contributed by atoms with Gasteiger partial charge in [0, 0.05) is 38.4 Å². The van der Waals surface area contributed by atoms with Gasteiger partial charge >= 0.3 is 0 Å². The number of nitrogens with two attached hydrogens (primary N) is 1. The number of amides is 1. The van der Waals surface area contributed by atoms with E-state index < -0.39 is 0 Å². The molecule has 106 valence electrons. The Kier molecular flexibility index (Phi) is 6.36. The summed E-state index contributed by atoms with van der Waals surface area (Å²) in [6.07, 6.45) is 1.27. The molecule has 0 aliphatic carbocycles. The average molecular weight is 264 g/mol. The highest BCUT2D eigenvalue weighted by molar-refractivity contribution is 5.76. The fraction of sp³-hybridized carbons (Fsp3) is 0.533. The summed E-state index contributed by atoms with van der Waals surface area (Å²) < 4.78 is 4.98. The number of benzene rings is 1. The molecule has 1 aromatic carbocycles. The Labute approximate surface area is 115 Å². The molecule has 1 amide bonds. The Hall–Kier alpha value is -1.55. The quantitative estimate of drug-likeness (QED) is 0.608. The van der Waals surface area contributed by atoms with Gasteiger partial charge in [-0.05, 0) is 31.9 Å². The number of rotatable bonds is 7. The lowest BCUT2D eigenvalue weighted by Gasteiger charge is -2.27. The molecule has 4 heteroatoms. The van der Waals surface area contributed by atoms with Crippen LogP contribution >= 0.6 is 0 Å². The summed E-state index contributed by atoms with van der Waals surface area (Å²) in [5.74, 6) is 0.148. The van der Waals surface area contributed by atoms with Gasteiger partial charge in [-0.1, -0.05) is 18.2 Å². The van der Waals surface area contributed by atoms with E-state index in [-0.39, 0.29) is 11.9 Å². The number of carbonyl (C=O) groups excluding carboxylic acids is 1. The van der Waals surface area contributed by atoms with Crippen LogP contribution in [0.25, 0.3) is 0 Å². The standard InChI is InChI=1S/C15H24N2O2/c1-12(2)17(15(18)9-6-10-19-3)11-13-7-4-5-8-14(13)16/h4-5,7-8,12H,6,9-11,16H2,1-3H3. The van der Waals surface area contributed by atoms with Crippen LogP contribution in [0.5, 0.6) is 0 Å². The first-order chi connectivity index (χ1) is 9.06. The van der Waals surface area contributed by atoms with E-state index in [1.807, 2.05) is 43.0 Å². The van der Waals surface area contributed by atoms with Crippen molar-refractivity contribution in [1.29, 1.82) is 0 Å². The molecule has 0 unspecified atom stereocenters. The average Bonchev–Trinajstić information content (AvgIpc) is 2.37. The second kappa shape index (κ2) is 7.79. The molecule has 0 atom stereocenters. The summed E-state index contributed by atoms with van der Waals surface area (Å²) in [5, 5.41) is 0. The number of carbonyl (C=O) groups is 1. The second-order valence-electron chi connectivity index (χ2n) is 4.91. The van der Waals surface area contributed by atoms with Crippen molar-refractivity contribution in [3.63, 3.8) is 0 Å². The van der Waals surface area contributed by atoms with E-state index in [0.717, 1.165) is 17.7 Å². The Balaban J connectivity index is 2.68. The summed E-state index contributed by atoms with van der Waals surface area (Å²) in [6.45, 7) is 5.22. The molecule has 0 bridgehead atoms. The molecule has 0 aliphatic rings. The lowest BCUT2D eigenvalue weighted by Crippen LogP contribution is -2.36. The third-order valence-electron chi connectivity index (χ3n) is 3.08. The zero-order valence-electron chi connectivity index (χ0n) is 12.1. The first-order valence-corrected chi connectivity index (χ1v) is 6.68. The molecule has 2 N–H and O–H groups in total. The van der Waals surface area contributed by atoms with Crippen LogP contribution < -0.4 is 5.73 Å². The van der Waals surface area contributed by atoms with E-state index >= 15 is 0 Å². The molecule has 0 aromatic heterocycles. The van der Waals surface area contributed by atoms with Gasteiger partial charge < -0.3 is 15.4 Å². The molecular formula is C15H24N2O2. The van der Waals surface area contributed by atoms with Gasteiger partial charge in [-0.3, -0.25) is 4.79 Å². The van der Waals surface area contributed by atoms with Gasteiger partial charge in [0.05, 0.1) is 0 Å². The second-order valence-corrected chi connectivity index (χ2v) is 4.91. The van der Waals surface area contributed by atoms with E-state index in [9.17, 15) is 4.79 Å². The van der Waals surface area contributed by atoms with E-state index in [1.54, 1.807) is 7.11 Å². The molecule has 0 fully saturated rings. The van der Waals surface area contributed by atoms with Crippen molar-refractivity contribution in [2.45, 2.75) is 39.3 Å². The molecule has 0 saturated heterocycles. The predicted octanol–water partition coefficient (Wildman–Crippen LogP) is 2.43. The lowest BCUT2D eigenvalue weighted by molar-refractivity contribution is -0.133. The van der Waals surface area contributed by atoms with Crippen LogP contribution in [0.4, 0.5) is 5.69 Å². The van der Waals surface area contributed by atoms with Crippen molar-refractivity contribution >= 4 is 11.6 Å².